The van der Waals surface area contributed by atoms with Crippen LogP contribution in [0.2, 0.25) is 0 Å². The van der Waals surface area contributed by atoms with E-state index in [1.54, 1.807) is 24.3 Å². The summed E-state index contributed by atoms with van der Waals surface area (Å²) >= 11 is 4.97. The number of carbonyl (C=O) groups excluding carboxylic acids is 2. The van der Waals surface area contributed by atoms with Crippen LogP contribution in [0.3, 0.4) is 0 Å². The molecule has 7 N–H and O–H groups in total. The number of hydrogen-bond donors (Lipinski definition) is 5. The van der Waals surface area contributed by atoms with Crippen molar-refractivity contribution in [3.05, 3.63) is 24.3 Å². The summed E-state index contributed by atoms with van der Waals surface area (Å²) in [6.45, 7) is 0. The molecule has 2 amide bonds. The Morgan fingerprint density at radius 2 is 1.34 bits per heavy atom. The largest absolute Gasteiger partial charge is 0.374 e. The van der Waals surface area contributed by atoms with Gasteiger partial charge in [-0.3, -0.25) is 20.4 Å². The average Bonchev–Trinajstić information content (AvgIpc) is 3.32. The first-order valence-electron chi connectivity index (χ1n) is 7.86. The fourth-order valence-corrected chi connectivity index (χ4v) is 4.70. The number of rotatable bonds is 9. The molecule has 152 valence electrons. The van der Waals surface area contributed by atoms with Crippen LogP contribution < -0.4 is 27.6 Å². The minimum atomic E-state index is -0.226. The van der Waals surface area contributed by atoms with Gasteiger partial charge >= 0.3 is 0 Å². The molecule has 3 rings (SSSR count). The van der Waals surface area contributed by atoms with Crippen LogP contribution in [0.5, 0.6) is 0 Å². The van der Waals surface area contributed by atoms with Crippen molar-refractivity contribution < 1.29 is 9.59 Å². The summed E-state index contributed by atoms with van der Waals surface area (Å²) in [6.07, 6.45) is 0. The zero-order chi connectivity index (χ0) is 20.6. The number of aromatic nitrogens is 4. The third-order valence-corrected chi connectivity index (χ3v) is 6.78. The number of nitrogens with zero attached hydrogens (tertiary/aromatic N) is 4. The van der Waals surface area contributed by atoms with E-state index in [9.17, 15) is 9.59 Å². The van der Waals surface area contributed by atoms with Crippen LogP contribution in [-0.4, -0.2) is 43.7 Å². The lowest BCUT2D eigenvalue weighted by atomic mass is 10.3. The van der Waals surface area contributed by atoms with Crippen molar-refractivity contribution in [1.82, 2.24) is 25.8 Å². The van der Waals surface area contributed by atoms with Crippen LogP contribution in [0.25, 0.3) is 0 Å². The van der Waals surface area contributed by atoms with Crippen molar-refractivity contribution in [2.45, 2.75) is 8.68 Å². The van der Waals surface area contributed by atoms with E-state index >= 15 is 0 Å². The van der Waals surface area contributed by atoms with Crippen molar-refractivity contribution >= 4 is 79.6 Å². The molecule has 15 heteroatoms. The molecule has 3 aromatic rings. The molecule has 0 saturated heterocycles. The normalized spacial score (nSPS) is 10.5. The predicted octanol–water partition coefficient (Wildman–Crippen LogP) is 1.52. The minimum absolute atomic E-state index is 0.174. The van der Waals surface area contributed by atoms with Gasteiger partial charge in [0.05, 0.1) is 17.2 Å². The fourth-order valence-electron chi connectivity index (χ4n) is 1.82. The van der Waals surface area contributed by atoms with Gasteiger partial charge in [-0.25, -0.2) is 0 Å². The molecule has 0 atom stereocenters. The van der Waals surface area contributed by atoms with Gasteiger partial charge in [0.15, 0.2) is 8.68 Å². The fraction of sp³-hybridized carbons (Fsp3) is 0.143. The molecule has 0 aliphatic carbocycles. The van der Waals surface area contributed by atoms with Gasteiger partial charge in [-0.05, 0) is 24.3 Å². The molecular weight excluding hydrogens is 454 g/mol. The zero-order valence-electron chi connectivity index (χ0n) is 14.6. The number of thioether (sulfide) groups is 2. The summed E-state index contributed by atoms with van der Waals surface area (Å²) in [5, 5.41) is 18.6. The van der Waals surface area contributed by atoms with Crippen molar-refractivity contribution in [2.24, 2.45) is 0 Å². The van der Waals surface area contributed by atoms with E-state index < -0.39 is 0 Å². The molecular formula is C14H15N9O2S4. The molecule has 0 saturated carbocycles. The number of nitrogens with two attached hydrogens (primary N) is 2. The monoisotopic (exact) mass is 469 g/mol. The van der Waals surface area contributed by atoms with E-state index in [1.807, 2.05) is 0 Å². The van der Waals surface area contributed by atoms with Gasteiger partial charge in [0, 0.05) is 5.69 Å². The van der Waals surface area contributed by atoms with Gasteiger partial charge in [-0.15, -0.1) is 20.4 Å². The van der Waals surface area contributed by atoms with Crippen molar-refractivity contribution in [3.63, 3.8) is 0 Å². The highest BCUT2D eigenvalue weighted by Crippen LogP contribution is 2.24. The highest BCUT2D eigenvalue weighted by Gasteiger charge is 2.08. The van der Waals surface area contributed by atoms with Crippen LogP contribution in [0.15, 0.2) is 32.9 Å². The number of carbonyl (C=O) groups is 2. The van der Waals surface area contributed by atoms with Gasteiger partial charge in [0.1, 0.15) is 0 Å². The quantitative estimate of drug-likeness (QED) is 0.227. The Morgan fingerprint density at radius 3 is 1.86 bits per heavy atom. The van der Waals surface area contributed by atoms with E-state index in [1.165, 1.54) is 46.2 Å². The van der Waals surface area contributed by atoms with Crippen LogP contribution in [0.1, 0.15) is 0 Å². The molecule has 0 unspecified atom stereocenters. The topological polar surface area (TPSA) is 174 Å². The summed E-state index contributed by atoms with van der Waals surface area (Å²) in [5.74, 6) is -0.0290. The van der Waals surface area contributed by atoms with Gasteiger partial charge in [0.25, 0.3) is 0 Å². The maximum atomic E-state index is 12.0. The zero-order valence-corrected chi connectivity index (χ0v) is 17.9. The second kappa shape index (κ2) is 10.2. The Hall–Kier alpha value is -2.62. The lowest BCUT2D eigenvalue weighted by Crippen LogP contribution is -2.30. The molecule has 0 spiro atoms. The Kier molecular flexibility index (Phi) is 7.45. The van der Waals surface area contributed by atoms with Crippen LogP contribution in [-0.2, 0) is 9.59 Å². The summed E-state index contributed by atoms with van der Waals surface area (Å²) in [6, 6.07) is 6.90. The molecule has 2 heterocycles. The summed E-state index contributed by atoms with van der Waals surface area (Å²) in [7, 11) is 0. The van der Waals surface area contributed by atoms with E-state index in [-0.39, 0.29) is 23.3 Å². The number of anilines is 4. The van der Waals surface area contributed by atoms with Crippen LogP contribution in [0, 0.1) is 0 Å². The van der Waals surface area contributed by atoms with Gasteiger partial charge < -0.3 is 16.8 Å². The first kappa shape index (κ1) is 21.1. The van der Waals surface area contributed by atoms with Crippen LogP contribution in [0.4, 0.5) is 21.6 Å². The Balaban J connectivity index is 1.37. The molecule has 11 nitrogen and oxygen atoms in total. The Labute approximate surface area is 181 Å². The molecule has 2 aromatic heterocycles. The summed E-state index contributed by atoms with van der Waals surface area (Å²) < 4.78 is 1.27. The van der Waals surface area contributed by atoms with E-state index in [0.717, 1.165) is 0 Å². The highest BCUT2D eigenvalue weighted by molar-refractivity contribution is 8.02. The second-order valence-electron chi connectivity index (χ2n) is 5.19. The predicted molar refractivity (Wildman–Crippen MR) is 117 cm³/mol. The number of hydrogen-bond acceptors (Lipinski definition) is 13. The van der Waals surface area contributed by atoms with Crippen LogP contribution >= 0.6 is 46.2 Å². The molecule has 0 radical (unpaired) electrons. The van der Waals surface area contributed by atoms with Crippen molar-refractivity contribution in [3.8, 4) is 0 Å². The first-order chi connectivity index (χ1) is 14.0. The van der Waals surface area contributed by atoms with E-state index in [2.05, 4.69) is 36.6 Å². The van der Waals surface area contributed by atoms with Crippen molar-refractivity contribution in [2.75, 3.05) is 33.7 Å². The first-order valence-corrected chi connectivity index (χ1v) is 11.5. The average molecular weight is 470 g/mol. The lowest BCUT2D eigenvalue weighted by molar-refractivity contribution is -0.118. The summed E-state index contributed by atoms with van der Waals surface area (Å²) in [5.41, 5.74) is 17.7. The van der Waals surface area contributed by atoms with E-state index in [0.29, 0.717) is 30.3 Å². The number of nitrogens with one attached hydrogen (secondary N) is 3. The number of hydrazine groups is 1. The molecule has 0 fully saturated rings. The third-order valence-electron chi connectivity index (χ3n) is 3.01. The highest BCUT2D eigenvalue weighted by atomic mass is 32.2. The molecule has 1 aromatic carbocycles. The summed E-state index contributed by atoms with van der Waals surface area (Å²) in [4.78, 5) is 23.8. The van der Waals surface area contributed by atoms with Crippen molar-refractivity contribution in [1.29, 1.82) is 0 Å². The van der Waals surface area contributed by atoms with Gasteiger partial charge in [-0.1, -0.05) is 46.2 Å². The van der Waals surface area contributed by atoms with E-state index in [4.69, 9.17) is 11.5 Å². The third kappa shape index (κ3) is 7.04. The number of benzene rings is 1. The molecule has 0 aliphatic rings. The lowest BCUT2D eigenvalue weighted by Gasteiger charge is -2.09. The number of amides is 2. The maximum Gasteiger partial charge on any atom is 0.248 e. The van der Waals surface area contributed by atoms with Gasteiger partial charge in [-0.2, -0.15) is 0 Å². The smallest absolute Gasteiger partial charge is 0.248 e. The van der Waals surface area contributed by atoms with Gasteiger partial charge in [0.2, 0.25) is 22.1 Å². The maximum absolute atomic E-state index is 12.0. The SMILES string of the molecule is Nc1nnc(SCC(=O)NNc2ccc(NC(=O)CSc3nnc(N)s3)cc2)s1. The second-order valence-corrected chi connectivity index (χ2v) is 9.65. The number of nitrogen functional groups attached to an aromatic ring is 2. The Morgan fingerprint density at radius 1 is 0.828 bits per heavy atom. The molecule has 0 bridgehead atoms. The minimum Gasteiger partial charge on any atom is -0.374 e. The molecule has 29 heavy (non-hydrogen) atoms. The standard InChI is InChI=1S/C14H15N9O2S4/c15-11-20-22-13(28-11)26-5-9(24)17-7-1-3-8(4-2-7)18-19-10(25)6-27-14-23-21-12(16)29-14/h1-4,18H,5-6H2,(H2,15,20)(H2,16,21)(H,17,24)(H,19,25). The molecule has 0 aliphatic heterocycles. The Bertz CT molecular complexity index is 976.